The summed E-state index contributed by atoms with van der Waals surface area (Å²) in [5.74, 6) is 3.32. The van der Waals surface area contributed by atoms with Crippen molar-refractivity contribution in [2.24, 2.45) is 34.5 Å². The van der Waals surface area contributed by atoms with E-state index >= 15 is 0 Å². The van der Waals surface area contributed by atoms with Crippen LogP contribution in [-0.4, -0.2) is 0 Å². The first-order valence-corrected chi connectivity index (χ1v) is 6.76. The zero-order chi connectivity index (χ0) is 11.9. The lowest BCUT2D eigenvalue weighted by Gasteiger charge is -2.98. The van der Waals surface area contributed by atoms with Crippen molar-refractivity contribution in [3.63, 3.8) is 0 Å². The summed E-state index contributed by atoms with van der Waals surface area (Å²) in [5, 5.41) is 19.3. The average molecular weight is 230 g/mol. The molecule has 4 saturated carbocycles. The van der Waals surface area contributed by atoms with Gasteiger partial charge >= 0.3 is 0 Å². The summed E-state index contributed by atoms with van der Waals surface area (Å²) >= 11 is 0. The molecule has 8 unspecified atom stereocenters. The van der Waals surface area contributed by atoms with Crippen LogP contribution < -0.4 is 0 Å². The molecule has 0 aromatic heterocycles. The van der Waals surface area contributed by atoms with Crippen LogP contribution in [0.1, 0.15) is 23.0 Å². The van der Waals surface area contributed by atoms with E-state index in [0.717, 1.165) is 5.92 Å². The Hall–Kier alpha value is -1.80. The van der Waals surface area contributed by atoms with Crippen LogP contribution in [0, 0.1) is 57.2 Å². The summed E-state index contributed by atoms with van der Waals surface area (Å²) in [6.45, 7) is 0. The molecule has 6 aliphatic carbocycles. The molecule has 8 atom stereocenters. The van der Waals surface area contributed by atoms with Gasteiger partial charge in [0.15, 0.2) is 0 Å². The average Bonchev–Trinajstić information content (AvgIpc) is 2.39. The molecule has 1 aromatic carbocycles. The van der Waals surface area contributed by atoms with Crippen LogP contribution >= 0.6 is 0 Å². The van der Waals surface area contributed by atoms with Crippen molar-refractivity contribution >= 4 is 0 Å². The lowest BCUT2D eigenvalue weighted by atomic mass is 9.01. The predicted molar refractivity (Wildman–Crippen MR) is 62.0 cm³/mol. The molecular weight excluding hydrogens is 220 g/mol. The molecule has 0 radical (unpaired) electrons. The maximum absolute atomic E-state index is 9.74. The first-order chi connectivity index (χ1) is 8.84. The van der Waals surface area contributed by atoms with Gasteiger partial charge in [0.25, 0.3) is 0 Å². The lowest BCUT2D eigenvalue weighted by molar-refractivity contribution is -0.480. The van der Waals surface area contributed by atoms with Gasteiger partial charge in [-0.25, -0.2) is 0 Å². The zero-order valence-electron chi connectivity index (χ0n) is 9.67. The molecule has 0 amide bonds. The first-order valence-electron chi connectivity index (χ1n) is 6.76. The predicted octanol–water partition coefficient (Wildman–Crippen LogP) is 2.41. The van der Waals surface area contributed by atoms with Gasteiger partial charge in [0.1, 0.15) is 0 Å². The highest BCUT2D eigenvalue weighted by atomic mass is 15.0. The van der Waals surface area contributed by atoms with E-state index in [0.29, 0.717) is 29.6 Å². The third-order valence-electron chi connectivity index (χ3n) is 7.19. The Bertz CT molecular complexity index is 738. The molecule has 7 rings (SSSR count). The van der Waals surface area contributed by atoms with Crippen LogP contribution in [0.15, 0.2) is 24.3 Å². The molecule has 0 N–H and O–H groups in total. The van der Waals surface area contributed by atoms with E-state index in [2.05, 4.69) is 36.4 Å². The van der Waals surface area contributed by atoms with Gasteiger partial charge in [-0.1, -0.05) is 24.3 Å². The van der Waals surface area contributed by atoms with E-state index in [-0.39, 0.29) is 10.8 Å². The van der Waals surface area contributed by atoms with Crippen molar-refractivity contribution < 1.29 is 0 Å². The van der Waals surface area contributed by atoms with Crippen LogP contribution in [-0.2, 0) is 0 Å². The maximum atomic E-state index is 9.74. The summed E-state index contributed by atoms with van der Waals surface area (Å²) in [4.78, 5) is 0. The SMILES string of the molecule is N#CC12C3c4ccccc4C4C5C3C1(C#N)C5C42. The fourth-order valence-electron chi connectivity index (χ4n) is 7.07. The molecule has 2 bridgehead atoms. The molecule has 1 aromatic rings. The Morgan fingerprint density at radius 2 is 1.61 bits per heavy atom. The minimum Gasteiger partial charge on any atom is -0.198 e. The maximum Gasteiger partial charge on any atom is 0.0874 e. The number of nitriles is 2. The van der Waals surface area contributed by atoms with E-state index in [1.54, 1.807) is 0 Å². The van der Waals surface area contributed by atoms with E-state index in [4.69, 9.17) is 0 Å². The van der Waals surface area contributed by atoms with Crippen molar-refractivity contribution in [2.75, 3.05) is 0 Å². The van der Waals surface area contributed by atoms with Crippen molar-refractivity contribution in [1.29, 1.82) is 10.5 Å². The van der Waals surface area contributed by atoms with E-state index in [9.17, 15) is 10.5 Å². The zero-order valence-corrected chi connectivity index (χ0v) is 9.67. The van der Waals surface area contributed by atoms with Crippen molar-refractivity contribution in [3.05, 3.63) is 35.4 Å². The van der Waals surface area contributed by atoms with Gasteiger partial charge < -0.3 is 0 Å². The van der Waals surface area contributed by atoms with Gasteiger partial charge in [-0.3, -0.25) is 0 Å². The monoisotopic (exact) mass is 230 g/mol. The van der Waals surface area contributed by atoms with Crippen LogP contribution in [0.2, 0.25) is 0 Å². The second-order valence-electron chi connectivity index (χ2n) is 6.75. The largest absolute Gasteiger partial charge is 0.198 e. The van der Waals surface area contributed by atoms with Crippen LogP contribution in [0.4, 0.5) is 0 Å². The Morgan fingerprint density at radius 1 is 0.889 bits per heavy atom. The molecule has 6 aliphatic rings. The standard InChI is InChI=1S/C16H10N2/c17-5-15-11-8-4-2-1-3-7(8)9-10-13(11)16(15,6-18)14(10)12(9)15/h1-4,9-14H. The molecular formula is C16H10N2. The number of hydrogen-bond acceptors (Lipinski definition) is 2. The topological polar surface area (TPSA) is 47.6 Å². The third-order valence-corrected chi connectivity index (χ3v) is 7.19. The number of rotatable bonds is 0. The quantitative estimate of drug-likeness (QED) is 0.687. The second kappa shape index (κ2) is 1.90. The molecule has 0 saturated heterocycles. The first kappa shape index (κ1) is 8.33. The molecule has 2 heteroatoms. The van der Waals surface area contributed by atoms with E-state index in [1.807, 2.05) is 0 Å². The highest BCUT2D eigenvalue weighted by Gasteiger charge is 3.03. The fraction of sp³-hybridized carbons (Fsp3) is 0.500. The minimum atomic E-state index is -0.301. The molecule has 0 aliphatic heterocycles. The van der Waals surface area contributed by atoms with Crippen LogP contribution in [0.3, 0.4) is 0 Å². The molecule has 0 spiro atoms. The number of benzene rings is 1. The number of nitrogens with zero attached hydrogens (tertiary/aromatic N) is 2. The smallest absolute Gasteiger partial charge is 0.0874 e. The molecule has 84 valence electrons. The van der Waals surface area contributed by atoms with Gasteiger partial charge in [-0.15, -0.1) is 0 Å². The summed E-state index contributed by atoms with van der Waals surface area (Å²) in [6.07, 6.45) is 0. The minimum absolute atomic E-state index is 0.230. The summed E-state index contributed by atoms with van der Waals surface area (Å²) in [5.41, 5.74) is 2.36. The van der Waals surface area contributed by atoms with Crippen molar-refractivity contribution in [1.82, 2.24) is 0 Å². The van der Waals surface area contributed by atoms with Crippen molar-refractivity contribution in [3.8, 4) is 12.1 Å². The summed E-state index contributed by atoms with van der Waals surface area (Å²) in [6, 6.07) is 13.8. The molecule has 18 heavy (non-hydrogen) atoms. The fourth-order valence-corrected chi connectivity index (χ4v) is 7.07. The highest BCUT2D eigenvalue weighted by Crippen LogP contribution is 3.04. The summed E-state index contributed by atoms with van der Waals surface area (Å²) in [7, 11) is 0. The molecule has 4 fully saturated rings. The number of hydrogen-bond donors (Lipinski definition) is 0. The third kappa shape index (κ3) is 0.385. The Balaban J connectivity index is 1.72. The molecule has 2 nitrogen and oxygen atoms in total. The van der Waals surface area contributed by atoms with Gasteiger partial charge in [0.2, 0.25) is 0 Å². The van der Waals surface area contributed by atoms with E-state index < -0.39 is 0 Å². The Kier molecular flexibility index (Phi) is 0.877. The lowest BCUT2D eigenvalue weighted by Crippen LogP contribution is -2.98. The second-order valence-corrected chi connectivity index (χ2v) is 6.75. The van der Waals surface area contributed by atoms with Gasteiger partial charge in [0, 0.05) is 5.92 Å². The van der Waals surface area contributed by atoms with Crippen LogP contribution in [0.25, 0.3) is 0 Å². The van der Waals surface area contributed by atoms with Gasteiger partial charge in [-0.2, -0.15) is 10.5 Å². The van der Waals surface area contributed by atoms with Gasteiger partial charge in [0.05, 0.1) is 23.0 Å². The summed E-state index contributed by atoms with van der Waals surface area (Å²) < 4.78 is 0. The Morgan fingerprint density at radius 3 is 2.33 bits per heavy atom. The van der Waals surface area contributed by atoms with Crippen LogP contribution in [0.5, 0.6) is 0 Å². The van der Waals surface area contributed by atoms with Gasteiger partial charge in [-0.05, 0) is 40.7 Å². The molecule has 0 heterocycles. The normalized spacial score (nSPS) is 61.7. The Labute approximate surface area is 105 Å². The van der Waals surface area contributed by atoms with Crippen molar-refractivity contribution in [2.45, 2.75) is 11.8 Å². The van der Waals surface area contributed by atoms with E-state index in [1.165, 1.54) is 11.1 Å². The highest BCUT2D eigenvalue weighted by molar-refractivity contribution is 5.66.